The number of rotatable bonds is 8. The number of hydrogen-bond donors (Lipinski definition) is 1. The van der Waals surface area contributed by atoms with Crippen LogP contribution in [0, 0.1) is 6.92 Å². The zero-order valence-electron chi connectivity index (χ0n) is 16.0. The summed E-state index contributed by atoms with van der Waals surface area (Å²) in [4.78, 5) is 12.4. The lowest BCUT2D eigenvalue weighted by Crippen LogP contribution is -2.28. The van der Waals surface area contributed by atoms with Crippen LogP contribution in [-0.4, -0.2) is 26.4 Å². The number of thioether (sulfide) groups is 1. The molecule has 1 atom stereocenters. The maximum Gasteiger partial charge on any atom is 0.230 e. The Morgan fingerprint density at radius 1 is 1.38 bits per heavy atom. The number of hydrogen-bond acceptors (Lipinski definition) is 5. The molecule has 0 spiro atoms. The number of amides is 1. The van der Waals surface area contributed by atoms with Gasteiger partial charge in [0.15, 0.2) is 11.0 Å². The number of allylic oxidation sites excluding steroid dienone is 1. The number of nitrogens with one attached hydrogen (secondary N) is 1. The van der Waals surface area contributed by atoms with Crippen molar-refractivity contribution in [2.75, 3.05) is 5.75 Å². The summed E-state index contributed by atoms with van der Waals surface area (Å²) in [6, 6.07) is 6.81. The molecule has 0 aliphatic rings. The van der Waals surface area contributed by atoms with E-state index in [4.69, 9.17) is 27.6 Å². The SMILES string of the molecule is C=CCn1c(SCC(=O)N[C@@H](C)c2ccc(Cl)cc2Cl)nnc1-c1ccoc1C. The molecule has 1 aromatic carbocycles. The normalized spacial score (nSPS) is 12.0. The molecule has 0 radical (unpaired) electrons. The first-order valence-corrected chi connectivity index (χ1v) is 10.6. The third kappa shape index (κ3) is 5.04. The Morgan fingerprint density at radius 2 is 2.17 bits per heavy atom. The fourth-order valence-electron chi connectivity index (χ4n) is 2.85. The van der Waals surface area contributed by atoms with Gasteiger partial charge < -0.3 is 9.73 Å². The highest BCUT2D eigenvalue weighted by molar-refractivity contribution is 7.99. The summed E-state index contributed by atoms with van der Waals surface area (Å²) in [5.41, 5.74) is 1.67. The van der Waals surface area contributed by atoms with E-state index < -0.39 is 0 Å². The van der Waals surface area contributed by atoms with Crippen LogP contribution in [0.3, 0.4) is 0 Å². The first kappa shape index (κ1) is 21.5. The quantitative estimate of drug-likeness (QED) is 0.371. The molecule has 0 unspecified atom stereocenters. The standard InChI is InChI=1S/C20H20Cl2N4O2S/c1-4-8-26-19(16-7-9-28-13(16)3)24-25-20(26)29-11-18(27)23-12(2)15-6-5-14(21)10-17(15)22/h4-7,9-10,12H,1,8,11H2,2-3H3,(H,23,27)/t12-/m0/s1. The van der Waals surface area contributed by atoms with Crippen molar-refractivity contribution in [3.05, 3.63) is 64.6 Å². The summed E-state index contributed by atoms with van der Waals surface area (Å²) in [6.07, 6.45) is 3.37. The van der Waals surface area contributed by atoms with Gasteiger partial charge in [0.2, 0.25) is 5.91 Å². The average molecular weight is 451 g/mol. The first-order valence-electron chi connectivity index (χ1n) is 8.86. The molecular formula is C20H20Cl2N4O2S. The lowest BCUT2D eigenvalue weighted by Gasteiger charge is -2.16. The van der Waals surface area contributed by atoms with E-state index in [1.165, 1.54) is 11.8 Å². The summed E-state index contributed by atoms with van der Waals surface area (Å²) in [6.45, 7) is 8.05. The number of benzene rings is 1. The Hall–Kier alpha value is -2.22. The summed E-state index contributed by atoms with van der Waals surface area (Å²) >= 11 is 13.5. The van der Waals surface area contributed by atoms with Gasteiger partial charge in [-0.2, -0.15) is 0 Å². The van der Waals surface area contributed by atoms with Crippen molar-refractivity contribution in [2.45, 2.75) is 31.6 Å². The van der Waals surface area contributed by atoms with Crippen LogP contribution < -0.4 is 5.32 Å². The van der Waals surface area contributed by atoms with E-state index in [9.17, 15) is 4.79 Å². The predicted molar refractivity (Wildman–Crippen MR) is 116 cm³/mol. The fourth-order valence-corrected chi connectivity index (χ4v) is 4.18. The second-order valence-electron chi connectivity index (χ2n) is 6.34. The number of nitrogens with zero attached hydrogens (tertiary/aromatic N) is 3. The second-order valence-corrected chi connectivity index (χ2v) is 8.13. The first-order chi connectivity index (χ1) is 13.9. The number of carbonyl (C=O) groups excluding carboxylic acids is 1. The van der Waals surface area contributed by atoms with E-state index in [0.717, 1.165) is 16.9 Å². The molecule has 9 heteroatoms. The lowest BCUT2D eigenvalue weighted by atomic mass is 10.1. The largest absolute Gasteiger partial charge is 0.469 e. The van der Waals surface area contributed by atoms with Gasteiger partial charge in [0.05, 0.1) is 23.6 Å². The molecule has 2 heterocycles. The van der Waals surface area contributed by atoms with Crippen molar-refractivity contribution in [1.29, 1.82) is 0 Å². The molecule has 0 aliphatic heterocycles. The number of aryl methyl sites for hydroxylation is 1. The van der Waals surface area contributed by atoms with Gasteiger partial charge in [0.1, 0.15) is 5.76 Å². The van der Waals surface area contributed by atoms with Gasteiger partial charge in [-0.25, -0.2) is 0 Å². The van der Waals surface area contributed by atoms with Crippen molar-refractivity contribution in [3.8, 4) is 11.4 Å². The topological polar surface area (TPSA) is 73.0 Å². The Kier molecular flexibility index (Phi) is 7.05. The van der Waals surface area contributed by atoms with Gasteiger partial charge in [-0.15, -0.1) is 16.8 Å². The van der Waals surface area contributed by atoms with Gasteiger partial charge in [-0.05, 0) is 37.6 Å². The van der Waals surface area contributed by atoms with Crippen LogP contribution in [0.1, 0.15) is 24.3 Å². The van der Waals surface area contributed by atoms with Crippen LogP contribution in [-0.2, 0) is 11.3 Å². The number of aromatic nitrogens is 3. The minimum atomic E-state index is -0.247. The van der Waals surface area contributed by atoms with Crippen LogP contribution >= 0.6 is 35.0 Å². The minimum Gasteiger partial charge on any atom is -0.469 e. The third-order valence-corrected chi connectivity index (χ3v) is 5.80. The average Bonchev–Trinajstić information content (AvgIpc) is 3.26. The Labute approximate surface area is 183 Å². The zero-order valence-corrected chi connectivity index (χ0v) is 18.3. The van der Waals surface area contributed by atoms with E-state index >= 15 is 0 Å². The molecule has 0 fully saturated rings. The lowest BCUT2D eigenvalue weighted by molar-refractivity contribution is -0.119. The molecule has 0 aliphatic carbocycles. The molecule has 3 aromatic rings. The highest BCUT2D eigenvalue weighted by Crippen LogP contribution is 2.28. The molecule has 2 aromatic heterocycles. The molecular weight excluding hydrogens is 431 g/mol. The molecule has 6 nitrogen and oxygen atoms in total. The van der Waals surface area contributed by atoms with Crippen molar-refractivity contribution < 1.29 is 9.21 Å². The van der Waals surface area contributed by atoms with Gasteiger partial charge in [-0.1, -0.05) is 47.1 Å². The second kappa shape index (κ2) is 9.52. The summed E-state index contributed by atoms with van der Waals surface area (Å²) in [5, 5.41) is 13.1. The van der Waals surface area contributed by atoms with Gasteiger partial charge in [-0.3, -0.25) is 9.36 Å². The minimum absolute atomic E-state index is 0.136. The van der Waals surface area contributed by atoms with Gasteiger partial charge in [0.25, 0.3) is 0 Å². The molecule has 1 N–H and O–H groups in total. The molecule has 1 amide bonds. The third-order valence-electron chi connectivity index (χ3n) is 4.27. The molecule has 0 bridgehead atoms. The van der Waals surface area contributed by atoms with Crippen LogP contribution in [0.4, 0.5) is 0 Å². The summed E-state index contributed by atoms with van der Waals surface area (Å²) < 4.78 is 7.27. The van der Waals surface area contributed by atoms with Crippen molar-refractivity contribution in [3.63, 3.8) is 0 Å². The van der Waals surface area contributed by atoms with Crippen LogP contribution in [0.15, 0.2) is 52.8 Å². The molecule has 0 saturated carbocycles. The van der Waals surface area contributed by atoms with E-state index in [0.29, 0.717) is 27.6 Å². The van der Waals surface area contributed by atoms with Crippen molar-refractivity contribution in [1.82, 2.24) is 20.1 Å². The van der Waals surface area contributed by atoms with Gasteiger partial charge >= 0.3 is 0 Å². The van der Waals surface area contributed by atoms with Crippen LogP contribution in [0.5, 0.6) is 0 Å². The monoisotopic (exact) mass is 450 g/mol. The van der Waals surface area contributed by atoms with Crippen LogP contribution in [0.25, 0.3) is 11.4 Å². The fraction of sp³-hybridized carbons (Fsp3) is 0.250. The Balaban J connectivity index is 1.68. The van der Waals surface area contributed by atoms with E-state index in [1.54, 1.807) is 24.5 Å². The molecule has 3 rings (SSSR count). The summed E-state index contributed by atoms with van der Waals surface area (Å²) in [5.74, 6) is 1.49. The smallest absolute Gasteiger partial charge is 0.230 e. The van der Waals surface area contributed by atoms with E-state index in [-0.39, 0.29) is 17.7 Å². The number of furan rings is 1. The number of carbonyl (C=O) groups is 1. The molecule has 29 heavy (non-hydrogen) atoms. The summed E-state index contributed by atoms with van der Waals surface area (Å²) in [7, 11) is 0. The maximum absolute atomic E-state index is 12.4. The zero-order chi connectivity index (χ0) is 21.0. The Bertz CT molecular complexity index is 1030. The Morgan fingerprint density at radius 3 is 2.83 bits per heavy atom. The van der Waals surface area contributed by atoms with Gasteiger partial charge in [0, 0.05) is 16.6 Å². The van der Waals surface area contributed by atoms with E-state index in [1.807, 2.05) is 30.5 Å². The van der Waals surface area contributed by atoms with Crippen molar-refractivity contribution in [2.24, 2.45) is 0 Å². The van der Waals surface area contributed by atoms with Crippen LogP contribution in [0.2, 0.25) is 10.0 Å². The highest BCUT2D eigenvalue weighted by Gasteiger charge is 2.18. The highest BCUT2D eigenvalue weighted by atomic mass is 35.5. The molecule has 152 valence electrons. The van der Waals surface area contributed by atoms with Crippen molar-refractivity contribution >= 4 is 40.9 Å². The molecule has 0 saturated heterocycles. The van der Waals surface area contributed by atoms with E-state index in [2.05, 4.69) is 22.1 Å². The predicted octanol–water partition coefficient (Wildman–Crippen LogP) is 5.31. The number of halogens is 2. The maximum atomic E-state index is 12.4.